The van der Waals surface area contributed by atoms with Crippen LogP contribution in [0.1, 0.15) is 36.5 Å². The number of benzene rings is 2. The number of aromatic nitrogens is 2. The van der Waals surface area contributed by atoms with Crippen molar-refractivity contribution in [1.82, 2.24) is 10.1 Å². The molecule has 3 aromatic rings. The standard InChI is InChI=1S/C21H21N3O4/c1-3-27-18-10-6-16(7-11-18)21-23-20(28-24-21)13-12-19(26)22-17-8-4-15(5-9-17)14(2)25/h4-11H,3,12-13H2,1-2H3,(H,22,26). The van der Waals surface area contributed by atoms with Gasteiger partial charge < -0.3 is 14.6 Å². The fourth-order valence-corrected chi connectivity index (χ4v) is 2.57. The van der Waals surface area contributed by atoms with E-state index in [0.29, 0.717) is 36.0 Å². The molecule has 0 bridgehead atoms. The van der Waals surface area contributed by atoms with Crippen molar-refractivity contribution < 1.29 is 18.8 Å². The van der Waals surface area contributed by atoms with Crippen LogP contribution in [-0.4, -0.2) is 28.4 Å². The lowest BCUT2D eigenvalue weighted by atomic mass is 10.1. The van der Waals surface area contributed by atoms with Crippen LogP contribution in [0.2, 0.25) is 0 Å². The van der Waals surface area contributed by atoms with Gasteiger partial charge in [-0.05, 0) is 62.4 Å². The van der Waals surface area contributed by atoms with Crippen molar-refractivity contribution >= 4 is 17.4 Å². The van der Waals surface area contributed by atoms with Gasteiger partial charge in [-0.1, -0.05) is 5.16 Å². The van der Waals surface area contributed by atoms with Gasteiger partial charge in [-0.25, -0.2) is 0 Å². The van der Waals surface area contributed by atoms with E-state index in [4.69, 9.17) is 9.26 Å². The van der Waals surface area contributed by atoms with E-state index >= 15 is 0 Å². The molecule has 144 valence electrons. The van der Waals surface area contributed by atoms with Gasteiger partial charge in [-0.3, -0.25) is 9.59 Å². The van der Waals surface area contributed by atoms with E-state index in [1.54, 1.807) is 24.3 Å². The number of aryl methyl sites for hydroxylation is 1. The topological polar surface area (TPSA) is 94.3 Å². The van der Waals surface area contributed by atoms with Crippen LogP contribution in [0, 0.1) is 0 Å². The molecule has 0 aliphatic heterocycles. The Labute approximate surface area is 162 Å². The zero-order valence-corrected chi connectivity index (χ0v) is 15.8. The number of anilines is 1. The van der Waals surface area contributed by atoms with Crippen LogP contribution in [0.5, 0.6) is 5.75 Å². The van der Waals surface area contributed by atoms with Crippen molar-refractivity contribution in [2.24, 2.45) is 0 Å². The first-order chi connectivity index (χ1) is 13.5. The number of carbonyl (C=O) groups is 2. The highest BCUT2D eigenvalue weighted by Gasteiger charge is 2.11. The first-order valence-corrected chi connectivity index (χ1v) is 9.02. The third-order valence-corrected chi connectivity index (χ3v) is 4.03. The van der Waals surface area contributed by atoms with Gasteiger partial charge >= 0.3 is 0 Å². The molecular weight excluding hydrogens is 358 g/mol. The van der Waals surface area contributed by atoms with Crippen LogP contribution < -0.4 is 10.1 Å². The minimum atomic E-state index is -0.170. The molecule has 1 aromatic heterocycles. The van der Waals surface area contributed by atoms with E-state index < -0.39 is 0 Å². The molecule has 0 unspecified atom stereocenters. The summed E-state index contributed by atoms with van der Waals surface area (Å²) >= 11 is 0. The summed E-state index contributed by atoms with van der Waals surface area (Å²) in [5, 5.41) is 6.74. The Morgan fingerprint density at radius 3 is 2.43 bits per heavy atom. The van der Waals surface area contributed by atoms with Crippen LogP contribution in [0.3, 0.4) is 0 Å². The smallest absolute Gasteiger partial charge is 0.227 e. The predicted octanol–water partition coefficient (Wildman–Crippen LogP) is 3.91. The number of nitrogens with one attached hydrogen (secondary N) is 1. The number of hydrogen-bond acceptors (Lipinski definition) is 6. The van der Waals surface area contributed by atoms with E-state index in [1.165, 1.54) is 6.92 Å². The first-order valence-electron chi connectivity index (χ1n) is 9.02. The molecule has 0 saturated carbocycles. The average Bonchev–Trinajstić information content (AvgIpc) is 3.17. The number of rotatable bonds is 8. The maximum absolute atomic E-state index is 12.1. The fraction of sp³-hybridized carbons (Fsp3) is 0.238. The van der Waals surface area contributed by atoms with Crippen molar-refractivity contribution in [2.75, 3.05) is 11.9 Å². The van der Waals surface area contributed by atoms with E-state index in [2.05, 4.69) is 15.5 Å². The van der Waals surface area contributed by atoms with Crippen LogP contribution >= 0.6 is 0 Å². The molecule has 0 aliphatic carbocycles. The molecule has 0 atom stereocenters. The monoisotopic (exact) mass is 379 g/mol. The zero-order chi connectivity index (χ0) is 19.9. The van der Waals surface area contributed by atoms with Gasteiger partial charge in [0.2, 0.25) is 17.6 Å². The zero-order valence-electron chi connectivity index (χ0n) is 15.8. The van der Waals surface area contributed by atoms with Gasteiger partial charge in [0.1, 0.15) is 5.75 Å². The SMILES string of the molecule is CCOc1ccc(-c2noc(CCC(=O)Nc3ccc(C(C)=O)cc3)n2)cc1. The molecule has 7 heteroatoms. The van der Waals surface area contributed by atoms with Crippen LogP contribution in [-0.2, 0) is 11.2 Å². The van der Waals surface area contributed by atoms with Crippen molar-refractivity contribution in [3.05, 3.63) is 60.0 Å². The molecule has 0 saturated heterocycles. The maximum Gasteiger partial charge on any atom is 0.227 e. The summed E-state index contributed by atoms with van der Waals surface area (Å²) in [7, 11) is 0. The molecule has 7 nitrogen and oxygen atoms in total. The molecule has 0 aliphatic rings. The average molecular weight is 379 g/mol. The van der Waals surface area contributed by atoms with Crippen LogP contribution in [0.4, 0.5) is 5.69 Å². The third-order valence-electron chi connectivity index (χ3n) is 4.03. The lowest BCUT2D eigenvalue weighted by Crippen LogP contribution is -2.12. The fourth-order valence-electron chi connectivity index (χ4n) is 2.57. The summed E-state index contributed by atoms with van der Waals surface area (Å²) < 4.78 is 10.6. The summed E-state index contributed by atoms with van der Waals surface area (Å²) in [4.78, 5) is 27.7. The molecule has 3 rings (SSSR count). The second-order valence-corrected chi connectivity index (χ2v) is 6.15. The molecule has 0 fully saturated rings. The van der Waals surface area contributed by atoms with Gasteiger partial charge in [0.05, 0.1) is 6.61 Å². The molecule has 0 radical (unpaired) electrons. The van der Waals surface area contributed by atoms with Crippen molar-refractivity contribution in [2.45, 2.75) is 26.7 Å². The predicted molar refractivity (Wildman–Crippen MR) is 104 cm³/mol. The number of hydrogen-bond donors (Lipinski definition) is 1. The lowest BCUT2D eigenvalue weighted by molar-refractivity contribution is -0.116. The highest BCUT2D eigenvalue weighted by molar-refractivity contribution is 5.95. The second-order valence-electron chi connectivity index (χ2n) is 6.15. The number of ether oxygens (including phenoxy) is 1. The van der Waals surface area contributed by atoms with Gasteiger partial charge in [0.15, 0.2) is 5.78 Å². The Morgan fingerprint density at radius 1 is 1.07 bits per heavy atom. The van der Waals surface area contributed by atoms with Crippen LogP contribution in [0.15, 0.2) is 53.1 Å². The highest BCUT2D eigenvalue weighted by atomic mass is 16.5. The third kappa shape index (κ3) is 5.03. The molecule has 1 heterocycles. The highest BCUT2D eigenvalue weighted by Crippen LogP contribution is 2.20. The first kappa shape index (κ1) is 19.3. The van der Waals surface area contributed by atoms with Crippen molar-refractivity contribution in [3.63, 3.8) is 0 Å². The largest absolute Gasteiger partial charge is 0.494 e. The summed E-state index contributed by atoms with van der Waals surface area (Å²) in [5.74, 6) is 1.46. The Bertz CT molecular complexity index is 947. The molecule has 1 amide bonds. The minimum absolute atomic E-state index is 0.0161. The van der Waals surface area contributed by atoms with Gasteiger partial charge in [0.25, 0.3) is 0 Å². The Morgan fingerprint density at radius 2 is 1.79 bits per heavy atom. The van der Waals surface area contributed by atoms with E-state index in [1.807, 2.05) is 31.2 Å². The van der Waals surface area contributed by atoms with E-state index in [-0.39, 0.29) is 18.1 Å². The number of ketones is 1. The van der Waals surface area contributed by atoms with Crippen molar-refractivity contribution in [1.29, 1.82) is 0 Å². The summed E-state index contributed by atoms with van der Waals surface area (Å²) in [5.41, 5.74) is 2.05. The van der Waals surface area contributed by atoms with Gasteiger partial charge in [0, 0.05) is 29.7 Å². The Hall–Kier alpha value is -3.48. The molecule has 28 heavy (non-hydrogen) atoms. The Kier molecular flexibility index (Phi) is 6.16. The van der Waals surface area contributed by atoms with E-state index in [0.717, 1.165) is 11.3 Å². The minimum Gasteiger partial charge on any atom is -0.494 e. The Balaban J connectivity index is 1.53. The molecule has 1 N–H and O–H groups in total. The van der Waals surface area contributed by atoms with Crippen LogP contribution in [0.25, 0.3) is 11.4 Å². The molecule has 0 spiro atoms. The summed E-state index contributed by atoms with van der Waals surface area (Å²) in [6.45, 7) is 4.03. The number of Topliss-reactive ketones (excluding diaryl/α,β-unsaturated/α-hetero) is 1. The quantitative estimate of drug-likeness (QED) is 0.596. The number of carbonyl (C=O) groups excluding carboxylic acids is 2. The van der Waals surface area contributed by atoms with E-state index in [9.17, 15) is 9.59 Å². The van der Waals surface area contributed by atoms with Crippen molar-refractivity contribution in [3.8, 4) is 17.1 Å². The summed E-state index contributed by atoms with van der Waals surface area (Å²) in [6, 6.07) is 14.2. The molecule has 2 aromatic carbocycles. The number of amides is 1. The van der Waals surface area contributed by atoms with Gasteiger partial charge in [-0.15, -0.1) is 0 Å². The second kappa shape index (κ2) is 8.94. The number of nitrogens with zero attached hydrogens (tertiary/aromatic N) is 2. The normalized spacial score (nSPS) is 10.5. The molecular formula is C21H21N3O4. The lowest BCUT2D eigenvalue weighted by Gasteiger charge is -2.04. The maximum atomic E-state index is 12.1. The van der Waals surface area contributed by atoms with Gasteiger partial charge in [-0.2, -0.15) is 4.98 Å². The summed E-state index contributed by atoms with van der Waals surface area (Å²) in [6.07, 6.45) is 0.542.